The van der Waals surface area contributed by atoms with Crippen LogP contribution in [0.15, 0.2) is 29.8 Å². The van der Waals surface area contributed by atoms with E-state index >= 15 is 0 Å². The molecule has 0 radical (unpaired) electrons. The molecule has 134 valence electrons. The molecule has 1 N–H and O–H groups in total. The third kappa shape index (κ3) is 5.45. The predicted molar refractivity (Wildman–Crippen MR) is 93.0 cm³/mol. The lowest BCUT2D eigenvalue weighted by Crippen LogP contribution is -2.30. The number of aliphatic carboxylic acids is 1. The Balaban J connectivity index is 1.88. The number of carboxylic acids is 1. The molecule has 1 fully saturated rings. The number of carbonyl (C=O) groups excluding carboxylic acids is 2. The molecular formula is C19H23NO5. The van der Waals surface area contributed by atoms with Gasteiger partial charge in [-0.2, -0.15) is 0 Å². The number of carboxylic acid groups (broad SMARTS) is 1. The summed E-state index contributed by atoms with van der Waals surface area (Å²) in [6, 6.07) is 7.33. The van der Waals surface area contributed by atoms with Crippen molar-refractivity contribution in [3.8, 4) is 5.75 Å². The molecule has 1 aromatic rings. The van der Waals surface area contributed by atoms with Crippen molar-refractivity contribution >= 4 is 23.9 Å². The smallest absolute Gasteiger partial charge is 0.303 e. The summed E-state index contributed by atoms with van der Waals surface area (Å²) >= 11 is 0. The van der Waals surface area contributed by atoms with Crippen LogP contribution in [0.4, 0.5) is 0 Å². The lowest BCUT2D eigenvalue weighted by atomic mass is 10.1. The SMILES string of the molecule is COc1cccc(/C=C2\CC(=O)N(CCCCCCC(=O)O)C2=O)c1. The standard InChI is InChI=1S/C19H23NO5/c1-25-16-8-6-7-14(12-16)11-15-13-17(21)20(19(15)24)10-5-3-2-4-9-18(22)23/h6-8,11-12H,2-5,9-10,13H2,1H3,(H,22,23)/b15-11+. The van der Waals surface area contributed by atoms with E-state index in [0.717, 1.165) is 18.4 Å². The lowest BCUT2D eigenvalue weighted by molar-refractivity contribution is -0.138. The summed E-state index contributed by atoms with van der Waals surface area (Å²) in [6.07, 6.45) is 4.93. The van der Waals surface area contributed by atoms with Crippen molar-refractivity contribution in [1.29, 1.82) is 0 Å². The highest BCUT2D eigenvalue weighted by Gasteiger charge is 2.33. The summed E-state index contributed by atoms with van der Waals surface area (Å²) in [5, 5.41) is 8.58. The second kappa shape index (κ2) is 9.01. The van der Waals surface area contributed by atoms with Crippen LogP contribution >= 0.6 is 0 Å². The predicted octanol–water partition coefficient (Wildman–Crippen LogP) is 2.87. The van der Waals surface area contributed by atoms with E-state index < -0.39 is 5.97 Å². The highest BCUT2D eigenvalue weighted by atomic mass is 16.5. The van der Waals surface area contributed by atoms with Crippen LogP contribution < -0.4 is 4.74 Å². The summed E-state index contributed by atoms with van der Waals surface area (Å²) < 4.78 is 5.16. The van der Waals surface area contributed by atoms with Gasteiger partial charge < -0.3 is 9.84 Å². The summed E-state index contributed by atoms with van der Waals surface area (Å²) in [7, 11) is 1.58. The largest absolute Gasteiger partial charge is 0.497 e. The van der Waals surface area contributed by atoms with Crippen LogP contribution in [-0.2, 0) is 14.4 Å². The first-order chi connectivity index (χ1) is 12.0. The van der Waals surface area contributed by atoms with Gasteiger partial charge in [-0.3, -0.25) is 19.3 Å². The van der Waals surface area contributed by atoms with Crippen molar-refractivity contribution < 1.29 is 24.2 Å². The number of methoxy groups -OCH3 is 1. The number of likely N-dealkylation sites (tertiary alicyclic amines) is 1. The van der Waals surface area contributed by atoms with E-state index in [1.807, 2.05) is 24.3 Å². The van der Waals surface area contributed by atoms with Crippen molar-refractivity contribution in [3.63, 3.8) is 0 Å². The number of unbranched alkanes of at least 4 members (excludes halogenated alkanes) is 3. The number of nitrogens with zero attached hydrogens (tertiary/aromatic N) is 1. The van der Waals surface area contributed by atoms with Crippen molar-refractivity contribution in [2.75, 3.05) is 13.7 Å². The number of imide groups is 1. The second-order valence-corrected chi connectivity index (χ2v) is 6.03. The summed E-state index contributed by atoms with van der Waals surface area (Å²) in [6.45, 7) is 0.389. The average molecular weight is 345 g/mol. The highest BCUT2D eigenvalue weighted by Crippen LogP contribution is 2.23. The van der Waals surface area contributed by atoms with E-state index in [9.17, 15) is 14.4 Å². The van der Waals surface area contributed by atoms with Crippen molar-refractivity contribution in [2.45, 2.75) is 38.5 Å². The van der Waals surface area contributed by atoms with Gasteiger partial charge in [-0.25, -0.2) is 0 Å². The minimum Gasteiger partial charge on any atom is -0.497 e. The van der Waals surface area contributed by atoms with Gasteiger partial charge in [0, 0.05) is 18.5 Å². The van der Waals surface area contributed by atoms with Gasteiger partial charge in [-0.05, 0) is 36.6 Å². The first-order valence-electron chi connectivity index (χ1n) is 8.42. The molecule has 0 aliphatic carbocycles. The third-order valence-electron chi connectivity index (χ3n) is 4.12. The van der Waals surface area contributed by atoms with Gasteiger partial charge in [0.15, 0.2) is 0 Å². The molecule has 0 atom stereocenters. The van der Waals surface area contributed by atoms with E-state index in [-0.39, 0.29) is 24.7 Å². The minimum absolute atomic E-state index is 0.120. The fourth-order valence-electron chi connectivity index (χ4n) is 2.79. The maximum atomic E-state index is 12.4. The Morgan fingerprint density at radius 2 is 2.00 bits per heavy atom. The van der Waals surface area contributed by atoms with Gasteiger partial charge >= 0.3 is 5.97 Å². The van der Waals surface area contributed by atoms with Crippen molar-refractivity contribution in [1.82, 2.24) is 4.90 Å². The normalized spacial score (nSPS) is 15.9. The molecule has 1 heterocycles. The Morgan fingerprint density at radius 3 is 2.72 bits per heavy atom. The van der Waals surface area contributed by atoms with Crippen LogP contribution in [0.2, 0.25) is 0 Å². The number of amides is 2. The molecule has 25 heavy (non-hydrogen) atoms. The average Bonchev–Trinajstić information content (AvgIpc) is 2.85. The molecule has 0 spiro atoms. The highest BCUT2D eigenvalue weighted by molar-refractivity contribution is 6.15. The van der Waals surface area contributed by atoms with E-state index in [1.54, 1.807) is 13.2 Å². The molecule has 1 aromatic carbocycles. The molecule has 2 rings (SSSR count). The Bertz CT molecular complexity index is 680. The summed E-state index contributed by atoms with van der Waals surface area (Å²) in [4.78, 5) is 36.2. The van der Waals surface area contributed by atoms with E-state index in [0.29, 0.717) is 30.7 Å². The van der Waals surface area contributed by atoms with E-state index in [1.165, 1.54) is 4.90 Å². The Labute approximate surface area is 147 Å². The van der Waals surface area contributed by atoms with Gasteiger partial charge in [-0.15, -0.1) is 0 Å². The van der Waals surface area contributed by atoms with Crippen LogP contribution in [0.5, 0.6) is 5.75 Å². The number of carbonyl (C=O) groups is 3. The summed E-state index contributed by atoms with van der Waals surface area (Å²) in [5.41, 5.74) is 1.31. The van der Waals surface area contributed by atoms with Crippen molar-refractivity contribution in [3.05, 3.63) is 35.4 Å². The minimum atomic E-state index is -0.794. The summed E-state index contributed by atoms with van der Waals surface area (Å²) in [5.74, 6) is -0.510. The quantitative estimate of drug-likeness (QED) is 0.423. The molecule has 0 saturated carbocycles. The molecular weight excluding hydrogens is 322 g/mol. The Hall–Kier alpha value is -2.63. The zero-order valence-corrected chi connectivity index (χ0v) is 14.4. The fraction of sp³-hybridized carbons (Fsp3) is 0.421. The molecule has 1 saturated heterocycles. The zero-order valence-electron chi connectivity index (χ0n) is 14.4. The van der Waals surface area contributed by atoms with Crippen LogP contribution in [0.3, 0.4) is 0 Å². The molecule has 6 heteroatoms. The number of ether oxygens (including phenoxy) is 1. The molecule has 0 aromatic heterocycles. The number of rotatable bonds is 9. The zero-order chi connectivity index (χ0) is 18.2. The first-order valence-corrected chi connectivity index (χ1v) is 8.42. The molecule has 2 amide bonds. The van der Waals surface area contributed by atoms with Gasteiger partial charge in [-0.1, -0.05) is 25.0 Å². The van der Waals surface area contributed by atoms with E-state index in [4.69, 9.17) is 9.84 Å². The molecule has 0 unspecified atom stereocenters. The van der Waals surface area contributed by atoms with Gasteiger partial charge in [0.2, 0.25) is 5.91 Å². The monoisotopic (exact) mass is 345 g/mol. The number of hydrogen-bond donors (Lipinski definition) is 1. The van der Waals surface area contributed by atoms with Gasteiger partial charge in [0.1, 0.15) is 5.75 Å². The van der Waals surface area contributed by atoms with Crippen LogP contribution in [0.25, 0.3) is 6.08 Å². The maximum absolute atomic E-state index is 12.4. The van der Waals surface area contributed by atoms with Crippen LogP contribution in [0.1, 0.15) is 44.1 Å². The molecule has 0 bridgehead atoms. The van der Waals surface area contributed by atoms with E-state index in [2.05, 4.69) is 0 Å². The molecule has 1 aliphatic heterocycles. The van der Waals surface area contributed by atoms with Gasteiger partial charge in [0.25, 0.3) is 5.91 Å². The maximum Gasteiger partial charge on any atom is 0.303 e. The van der Waals surface area contributed by atoms with Gasteiger partial charge in [0.05, 0.1) is 13.5 Å². The topological polar surface area (TPSA) is 83.9 Å². The van der Waals surface area contributed by atoms with Crippen LogP contribution in [-0.4, -0.2) is 41.4 Å². The number of benzene rings is 1. The third-order valence-corrected chi connectivity index (χ3v) is 4.12. The van der Waals surface area contributed by atoms with Crippen LogP contribution in [0, 0.1) is 0 Å². The molecule has 1 aliphatic rings. The first kappa shape index (κ1) is 18.7. The van der Waals surface area contributed by atoms with Crippen molar-refractivity contribution in [2.24, 2.45) is 0 Å². The second-order valence-electron chi connectivity index (χ2n) is 6.03. The lowest BCUT2D eigenvalue weighted by Gasteiger charge is -2.12. The number of hydrogen-bond acceptors (Lipinski definition) is 4. The molecule has 6 nitrogen and oxygen atoms in total. The fourth-order valence-corrected chi connectivity index (χ4v) is 2.79. The Kier molecular flexibility index (Phi) is 6.74. The Morgan fingerprint density at radius 1 is 1.24 bits per heavy atom.